The third-order valence-electron chi connectivity index (χ3n) is 4.31. The zero-order chi connectivity index (χ0) is 22.4. The van der Waals surface area contributed by atoms with E-state index in [0.717, 1.165) is 12.3 Å². The molecular formula is C17H17ClFN3O3. The van der Waals surface area contributed by atoms with Crippen molar-refractivity contribution in [3.63, 3.8) is 0 Å². The van der Waals surface area contributed by atoms with Gasteiger partial charge in [0.2, 0.25) is 5.43 Å². The molecule has 0 bridgehead atoms. The Labute approximate surface area is 154 Å². The summed E-state index contributed by atoms with van der Waals surface area (Å²) in [5.74, 6) is -2.62. The molecule has 0 spiro atoms. The maximum absolute atomic E-state index is 15.1. The number of aromatic nitrogens is 1. The van der Waals surface area contributed by atoms with Gasteiger partial charge in [-0.1, -0.05) is 11.6 Å². The molecule has 2 aliphatic rings. The van der Waals surface area contributed by atoms with Crippen molar-refractivity contribution in [1.82, 2.24) is 4.57 Å². The quantitative estimate of drug-likeness (QED) is 0.865. The van der Waals surface area contributed by atoms with Crippen molar-refractivity contribution in [2.75, 3.05) is 17.9 Å². The highest BCUT2D eigenvalue weighted by Gasteiger charge is 2.31. The normalized spacial score (nSPS) is 30.4. The first kappa shape index (κ1) is 11.5. The van der Waals surface area contributed by atoms with E-state index < -0.39 is 53.9 Å². The Morgan fingerprint density at radius 1 is 1.52 bits per heavy atom. The van der Waals surface area contributed by atoms with Crippen molar-refractivity contribution >= 4 is 34.2 Å². The topological polar surface area (TPSA) is 88.6 Å². The Kier molecular flexibility index (Phi) is 2.62. The summed E-state index contributed by atoms with van der Waals surface area (Å²) in [5, 5.41) is 8.68. The Morgan fingerprint density at radius 2 is 2.24 bits per heavy atom. The summed E-state index contributed by atoms with van der Waals surface area (Å²) in [6, 6.07) is -2.11. The van der Waals surface area contributed by atoms with Gasteiger partial charge in [0.05, 0.1) is 24.4 Å². The van der Waals surface area contributed by atoms with Gasteiger partial charge in [-0.25, -0.2) is 9.18 Å². The first-order chi connectivity index (χ1) is 13.7. The lowest BCUT2D eigenvalue weighted by Crippen LogP contribution is -2.27. The van der Waals surface area contributed by atoms with Gasteiger partial charge < -0.3 is 20.3 Å². The second-order valence-electron chi connectivity index (χ2n) is 6.02. The molecule has 1 saturated heterocycles. The van der Waals surface area contributed by atoms with E-state index in [1.165, 1.54) is 4.57 Å². The van der Waals surface area contributed by atoms with Crippen molar-refractivity contribution in [2.24, 2.45) is 5.73 Å². The highest BCUT2D eigenvalue weighted by atomic mass is 35.5. The molecule has 1 unspecified atom stereocenters. The zero-order valence-corrected chi connectivity index (χ0v) is 13.6. The van der Waals surface area contributed by atoms with E-state index in [2.05, 4.69) is 0 Å². The summed E-state index contributed by atoms with van der Waals surface area (Å²) < 4.78 is 56.9. The lowest BCUT2D eigenvalue weighted by Gasteiger charge is -2.23. The van der Waals surface area contributed by atoms with Gasteiger partial charge in [-0.3, -0.25) is 4.79 Å². The average Bonchev–Trinajstić information content (AvgIpc) is 3.43. The summed E-state index contributed by atoms with van der Waals surface area (Å²) in [7, 11) is 0. The largest absolute Gasteiger partial charge is 0.477 e. The van der Waals surface area contributed by atoms with Crippen LogP contribution in [0.2, 0.25) is 5.02 Å². The number of aromatic carboxylic acids is 1. The molecule has 1 aromatic carbocycles. The van der Waals surface area contributed by atoms with Crippen molar-refractivity contribution in [2.45, 2.75) is 31.3 Å². The van der Waals surface area contributed by atoms with Gasteiger partial charge in [-0.15, -0.1) is 0 Å². The van der Waals surface area contributed by atoms with Crippen molar-refractivity contribution in [3.8, 4) is 0 Å². The van der Waals surface area contributed by atoms with Crippen LogP contribution in [0.3, 0.4) is 0 Å². The summed E-state index contributed by atoms with van der Waals surface area (Å²) in [6.45, 7) is -3.58. The number of rotatable bonds is 3. The number of carboxylic acid groups (broad SMARTS) is 1. The average molecular weight is 371 g/mol. The van der Waals surface area contributed by atoms with Crippen molar-refractivity contribution in [1.29, 1.82) is 0 Å². The van der Waals surface area contributed by atoms with Crippen LogP contribution in [-0.2, 0) is 0 Å². The molecule has 4 rings (SSSR count). The van der Waals surface area contributed by atoms with Crippen LogP contribution in [0, 0.1) is 5.82 Å². The smallest absolute Gasteiger partial charge is 0.341 e. The zero-order valence-electron chi connectivity index (χ0n) is 17.8. The Morgan fingerprint density at radius 3 is 2.80 bits per heavy atom. The molecule has 6 nitrogen and oxygen atoms in total. The standard InChI is InChI=1S/C17H17ClFN3O3/c18-13-14-10(5-12(19)15(13)21-4-3-8(20)6-21)16(23)11(17(24)25)7-22(14)9-1-2-9/h5,7-9H,1-4,6,20H2,(H,24,25)/i3D2,6D2,8D. The fourth-order valence-electron chi connectivity index (χ4n) is 3.00. The molecule has 132 valence electrons. The number of pyridine rings is 1. The van der Waals surface area contributed by atoms with Crippen LogP contribution in [0.25, 0.3) is 10.9 Å². The van der Waals surface area contributed by atoms with Gasteiger partial charge in [-0.2, -0.15) is 0 Å². The lowest BCUT2D eigenvalue weighted by atomic mass is 10.1. The molecule has 2 fully saturated rings. The van der Waals surface area contributed by atoms with Gasteiger partial charge in [-0.05, 0) is 25.3 Å². The summed E-state index contributed by atoms with van der Waals surface area (Å²) in [5.41, 5.74) is 3.65. The van der Waals surface area contributed by atoms with Gasteiger partial charge in [0, 0.05) is 35.4 Å². The second-order valence-corrected chi connectivity index (χ2v) is 6.40. The Bertz CT molecular complexity index is 1170. The number of nitrogens with two attached hydrogens (primary N) is 1. The van der Waals surface area contributed by atoms with Crippen LogP contribution in [0.1, 0.15) is 42.5 Å². The number of hydrogen-bond donors (Lipinski definition) is 2. The Balaban J connectivity index is 2.05. The highest BCUT2D eigenvalue weighted by molar-refractivity contribution is 6.38. The minimum absolute atomic E-state index is 0.0291. The third kappa shape index (κ3) is 2.58. The predicted molar refractivity (Wildman–Crippen MR) is 93.2 cm³/mol. The van der Waals surface area contributed by atoms with E-state index >= 15 is 4.39 Å². The second kappa shape index (κ2) is 5.71. The van der Waals surface area contributed by atoms with Crippen LogP contribution < -0.4 is 16.1 Å². The summed E-state index contributed by atoms with van der Waals surface area (Å²) in [4.78, 5) is 24.7. The van der Waals surface area contributed by atoms with Gasteiger partial charge in [0.15, 0.2) is 0 Å². The third-order valence-corrected chi connectivity index (χ3v) is 4.67. The van der Waals surface area contributed by atoms with Crippen molar-refractivity contribution < 1.29 is 21.1 Å². The Hall–Kier alpha value is -2.12. The molecule has 1 aromatic heterocycles. The maximum atomic E-state index is 15.1. The molecule has 1 atom stereocenters. The van der Waals surface area contributed by atoms with E-state index in [1.807, 2.05) is 0 Å². The maximum Gasteiger partial charge on any atom is 0.341 e. The van der Waals surface area contributed by atoms with Crippen LogP contribution in [0.4, 0.5) is 10.1 Å². The molecule has 0 radical (unpaired) electrons. The molecular weight excluding hydrogens is 349 g/mol. The van der Waals surface area contributed by atoms with Crippen LogP contribution in [-0.4, -0.2) is 34.7 Å². The first-order valence-electron chi connectivity index (χ1n) is 10.1. The number of benzene rings is 1. The van der Waals surface area contributed by atoms with Gasteiger partial charge in [0.1, 0.15) is 11.4 Å². The molecule has 3 N–H and O–H groups in total. The van der Waals surface area contributed by atoms with E-state index in [1.54, 1.807) is 0 Å². The number of anilines is 1. The molecule has 2 heterocycles. The predicted octanol–water partition coefficient (Wildman–Crippen LogP) is 2.36. The van der Waals surface area contributed by atoms with Crippen molar-refractivity contribution in [3.05, 3.63) is 38.9 Å². The number of carbonyl (C=O) groups is 1. The molecule has 25 heavy (non-hydrogen) atoms. The minimum Gasteiger partial charge on any atom is -0.477 e. The van der Waals surface area contributed by atoms with E-state index in [0.29, 0.717) is 17.7 Å². The van der Waals surface area contributed by atoms with E-state index in [-0.39, 0.29) is 22.0 Å². The molecule has 1 aliphatic heterocycles. The SMILES string of the molecule is [2H]C1([2H])CN(c2c(F)cc3c(=O)c(C(=O)O)cn(C4CC4)c3c2Cl)C([2H])([2H])C1([2H])N. The first-order valence-corrected chi connectivity index (χ1v) is 7.97. The van der Waals surface area contributed by atoms with Crippen LogP contribution in [0.15, 0.2) is 17.1 Å². The summed E-state index contributed by atoms with van der Waals surface area (Å²) in [6.07, 6.45) is -0.0318. The van der Waals surface area contributed by atoms with Gasteiger partial charge in [0.25, 0.3) is 0 Å². The van der Waals surface area contributed by atoms with E-state index in [9.17, 15) is 14.7 Å². The van der Waals surface area contributed by atoms with Crippen LogP contribution in [0.5, 0.6) is 0 Å². The molecule has 1 saturated carbocycles. The fraction of sp³-hybridized carbons (Fsp3) is 0.412. The molecule has 1 aliphatic carbocycles. The lowest BCUT2D eigenvalue weighted by molar-refractivity contribution is 0.0695. The number of nitrogens with zero attached hydrogens (tertiary/aromatic N) is 2. The summed E-state index contributed by atoms with van der Waals surface area (Å²) >= 11 is 6.44. The number of fused-ring (bicyclic) bond motifs is 1. The number of halogens is 2. The van der Waals surface area contributed by atoms with Gasteiger partial charge >= 0.3 is 5.97 Å². The minimum atomic E-state index is -2.83. The van der Waals surface area contributed by atoms with E-state index in [4.69, 9.17) is 24.2 Å². The number of carboxylic acids is 1. The van der Waals surface area contributed by atoms with Crippen LogP contribution >= 0.6 is 11.6 Å². The number of hydrogen-bond acceptors (Lipinski definition) is 4. The molecule has 0 amide bonds. The highest BCUT2D eigenvalue weighted by Crippen LogP contribution is 2.42. The molecule has 8 heteroatoms. The molecule has 2 aromatic rings. The monoisotopic (exact) mass is 370 g/mol. The fourth-order valence-corrected chi connectivity index (χ4v) is 3.39.